The lowest BCUT2D eigenvalue weighted by Crippen LogP contribution is -2.08. The van der Waals surface area contributed by atoms with Gasteiger partial charge in [-0.25, -0.2) is 4.39 Å². The third-order valence-electron chi connectivity index (χ3n) is 2.35. The molecule has 0 fully saturated rings. The number of nitrogens with two attached hydrogens (primary N) is 1. The molecule has 18 heavy (non-hydrogen) atoms. The average molecular weight is 256 g/mol. The predicted molar refractivity (Wildman–Crippen MR) is 59.0 cm³/mol. The van der Waals surface area contributed by atoms with E-state index in [9.17, 15) is 17.6 Å². The third kappa shape index (κ3) is 2.27. The Kier molecular flexibility index (Phi) is 2.94. The van der Waals surface area contributed by atoms with Crippen LogP contribution in [-0.2, 0) is 6.18 Å². The second-order valence-electron chi connectivity index (χ2n) is 3.64. The van der Waals surface area contributed by atoms with Crippen molar-refractivity contribution in [2.75, 3.05) is 5.73 Å². The summed E-state index contributed by atoms with van der Waals surface area (Å²) in [5.41, 5.74) is 3.76. The second kappa shape index (κ2) is 4.29. The fourth-order valence-corrected chi connectivity index (χ4v) is 1.59. The van der Waals surface area contributed by atoms with Crippen LogP contribution in [0.25, 0.3) is 11.3 Å². The van der Waals surface area contributed by atoms with Crippen LogP contribution in [0.3, 0.4) is 0 Å². The highest BCUT2D eigenvalue weighted by Gasteiger charge is 2.34. The number of nitrogens with zero attached hydrogens (tertiary/aromatic N) is 1. The van der Waals surface area contributed by atoms with E-state index in [-0.39, 0.29) is 16.9 Å². The van der Waals surface area contributed by atoms with Crippen LogP contribution in [0.4, 0.5) is 23.2 Å². The van der Waals surface area contributed by atoms with Gasteiger partial charge >= 0.3 is 6.18 Å². The van der Waals surface area contributed by atoms with Gasteiger partial charge < -0.3 is 5.73 Å². The van der Waals surface area contributed by atoms with Crippen LogP contribution in [0.5, 0.6) is 0 Å². The van der Waals surface area contributed by atoms with Crippen LogP contribution in [0, 0.1) is 5.82 Å². The zero-order valence-electron chi connectivity index (χ0n) is 9.00. The highest BCUT2D eigenvalue weighted by molar-refractivity contribution is 5.66. The quantitative estimate of drug-likeness (QED) is 0.793. The Morgan fingerprint density at radius 2 is 1.78 bits per heavy atom. The standard InChI is InChI=1S/C12H8F4N2/c13-10-5-7(17)6-18-11(10)8-3-1-2-4-9(8)12(14,15)16/h1-6H,17H2. The van der Waals surface area contributed by atoms with Gasteiger partial charge in [0.1, 0.15) is 5.69 Å². The molecule has 0 radical (unpaired) electrons. The zero-order chi connectivity index (χ0) is 13.3. The lowest BCUT2D eigenvalue weighted by Gasteiger charge is -2.12. The van der Waals surface area contributed by atoms with E-state index >= 15 is 0 Å². The Morgan fingerprint density at radius 3 is 2.39 bits per heavy atom. The third-order valence-corrected chi connectivity index (χ3v) is 2.35. The minimum Gasteiger partial charge on any atom is -0.397 e. The Bertz CT molecular complexity index is 579. The highest BCUT2D eigenvalue weighted by atomic mass is 19.4. The summed E-state index contributed by atoms with van der Waals surface area (Å²) in [5, 5.41) is 0. The van der Waals surface area contributed by atoms with Crippen molar-refractivity contribution in [1.29, 1.82) is 0 Å². The van der Waals surface area contributed by atoms with Crippen LogP contribution in [0.15, 0.2) is 36.5 Å². The van der Waals surface area contributed by atoms with Crippen LogP contribution in [0.2, 0.25) is 0 Å². The number of rotatable bonds is 1. The van der Waals surface area contributed by atoms with E-state index in [2.05, 4.69) is 4.98 Å². The molecule has 0 spiro atoms. The monoisotopic (exact) mass is 256 g/mol. The van der Waals surface area contributed by atoms with E-state index < -0.39 is 17.6 Å². The average Bonchev–Trinajstić information content (AvgIpc) is 2.28. The van der Waals surface area contributed by atoms with Crippen molar-refractivity contribution in [3.05, 3.63) is 47.9 Å². The molecule has 0 bridgehead atoms. The lowest BCUT2D eigenvalue weighted by atomic mass is 10.0. The molecule has 1 heterocycles. The first kappa shape index (κ1) is 12.3. The SMILES string of the molecule is Nc1cnc(-c2ccccc2C(F)(F)F)c(F)c1. The fraction of sp³-hybridized carbons (Fsp3) is 0.0833. The van der Waals surface area contributed by atoms with E-state index in [1.54, 1.807) is 0 Å². The molecule has 2 rings (SSSR count). The summed E-state index contributed by atoms with van der Waals surface area (Å²) >= 11 is 0. The number of halogens is 4. The van der Waals surface area contributed by atoms with Crippen LogP contribution in [0.1, 0.15) is 5.56 Å². The van der Waals surface area contributed by atoms with Crippen molar-refractivity contribution in [2.24, 2.45) is 0 Å². The van der Waals surface area contributed by atoms with Gasteiger partial charge in [0.05, 0.1) is 17.4 Å². The molecule has 0 saturated heterocycles. The molecule has 2 aromatic rings. The first-order valence-electron chi connectivity index (χ1n) is 4.97. The molecule has 2 nitrogen and oxygen atoms in total. The number of alkyl halides is 3. The Hall–Kier alpha value is -2.11. The molecule has 94 valence electrons. The fourth-order valence-electron chi connectivity index (χ4n) is 1.59. The smallest absolute Gasteiger partial charge is 0.397 e. The van der Waals surface area contributed by atoms with Gasteiger partial charge in [-0.15, -0.1) is 0 Å². The Balaban J connectivity index is 2.64. The summed E-state index contributed by atoms with van der Waals surface area (Å²) in [4.78, 5) is 3.62. The number of pyridine rings is 1. The maximum Gasteiger partial charge on any atom is 0.417 e. The molecule has 0 saturated carbocycles. The lowest BCUT2D eigenvalue weighted by molar-refractivity contribution is -0.137. The van der Waals surface area contributed by atoms with Gasteiger partial charge in [-0.05, 0) is 6.07 Å². The van der Waals surface area contributed by atoms with Crippen molar-refractivity contribution in [3.63, 3.8) is 0 Å². The Labute approximate surface area is 100 Å². The van der Waals surface area contributed by atoms with Crippen molar-refractivity contribution >= 4 is 5.69 Å². The number of hydrogen-bond donors (Lipinski definition) is 1. The second-order valence-corrected chi connectivity index (χ2v) is 3.64. The van der Waals surface area contributed by atoms with E-state index in [1.807, 2.05) is 0 Å². The van der Waals surface area contributed by atoms with Gasteiger partial charge in [0.25, 0.3) is 0 Å². The molecular weight excluding hydrogens is 248 g/mol. The van der Waals surface area contributed by atoms with E-state index in [1.165, 1.54) is 18.2 Å². The first-order valence-corrected chi connectivity index (χ1v) is 4.97. The normalized spacial score (nSPS) is 11.6. The number of hydrogen-bond acceptors (Lipinski definition) is 2. The predicted octanol–water partition coefficient (Wildman–Crippen LogP) is 3.49. The van der Waals surface area contributed by atoms with Gasteiger partial charge in [0.15, 0.2) is 5.82 Å². The number of benzene rings is 1. The van der Waals surface area contributed by atoms with Crippen LogP contribution in [-0.4, -0.2) is 4.98 Å². The van der Waals surface area contributed by atoms with Crippen LogP contribution >= 0.6 is 0 Å². The minimum absolute atomic E-state index is 0.0562. The van der Waals surface area contributed by atoms with Crippen LogP contribution < -0.4 is 5.73 Å². The molecule has 1 aromatic heterocycles. The molecule has 0 atom stereocenters. The summed E-state index contributed by atoms with van der Waals surface area (Å²) in [7, 11) is 0. The molecule has 0 unspecified atom stereocenters. The van der Waals surface area contributed by atoms with Gasteiger partial charge in [-0.3, -0.25) is 4.98 Å². The van der Waals surface area contributed by atoms with Gasteiger partial charge in [-0.2, -0.15) is 13.2 Å². The number of anilines is 1. The van der Waals surface area contributed by atoms with E-state index in [4.69, 9.17) is 5.73 Å². The first-order chi connectivity index (χ1) is 8.39. The molecule has 2 N–H and O–H groups in total. The molecule has 0 aliphatic rings. The van der Waals surface area contributed by atoms with Crippen molar-refractivity contribution in [1.82, 2.24) is 4.98 Å². The number of nitrogen functional groups attached to an aromatic ring is 1. The van der Waals surface area contributed by atoms with Crippen molar-refractivity contribution in [2.45, 2.75) is 6.18 Å². The summed E-state index contributed by atoms with van der Waals surface area (Å²) in [5.74, 6) is -0.883. The molecule has 0 amide bonds. The molecular formula is C12H8F4N2. The summed E-state index contributed by atoms with van der Waals surface area (Å²) in [6.07, 6.45) is -3.45. The highest BCUT2D eigenvalue weighted by Crippen LogP contribution is 2.37. The summed E-state index contributed by atoms with van der Waals surface area (Å²) < 4.78 is 51.9. The molecule has 6 heteroatoms. The Morgan fingerprint density at radius 1 is 1.11 bits per heavy atom. The maximum atomic E-state index is 13.6. The van der Waals surface area contributed by atoms with Gasteiger partial charge in [0, 0.05) is 11.6 Å². The summed E-state index contributed by atoms with van der Waals surface area (Å²) in [6, 6.07) is 5.62. The zero-order valence-corrected chi connectivity index (χ0v) is 9.00. The molecule has 0 aliphatic heterocycles. The number of aromatic nitrogens is 1. The molecule has 1 aromatic carbocycles. The maximum absolute atomic E-state index is 13.6. The van der Waals surface area contributed by atoms with E-state index in [0.717, 1.165) is 18.3 Å². The van der Waals surface area contributed by atoms with E-state index in [0.29, 0.717) is 0 Å². The van der Waals surface area contributed by atoms with Crippen molar-refractivity contribution in [3.8, 4) is 11.3 Å². The topological polar surface area (TPSA) is 38.9 Å². The molecule has 0 aliphatic carbocycles. The van der Waals surface area contributed by atoms with Gasteiger partial charge in [0.2, 0.25) is 0 Å². The largest absolute Gasteiger partial charge is 0.417 e. The minimum atomic E-state index is -4.56. The summed E-state index contributed by atoms with van der Waals surface area (Å²) in [6.45, 7) is 0. The van der Waals surface area contributed by atoms with Crippen molar-refractivity contribution < 1.29 is 17.6 Å². The van der Waals surface area contributed by atoms with Gasteiger partial charge in [-0.1, -0.05) is 18.2 Å².